The predicted octanol–water partition coefficient (Wildman–Crippen LogP) is 5.06. The van der Waals surface area contributed by atoms with Crippen LogP contribution in [0.1, 0.15) is 23.6 Å². The van der Waals surface area contributed by atoms with Gasteiger partial charge in [0.1, 0.15) is 12.4 Å². The van der Waals surface area contributed by atoms with Crippen molar-refractivity contribution in [2.75, 3.05) is 6.61 Å². The molecule has 176 valence electrons. The molecule has 10 heteroatoms. The van der Waals surface area contributed by atoms with Gasteiger partial charge in [0, 0.05) is 12.1 Å². The summed E-state index contributed by atoms with van der Waals surface area (Å²) in [6, 6.07) is 15.0. The van der Waals surface area contributed by atoms with Gasteiger partial charge in [-0.1, -0.05) is 35.9 Å². The molecule has 0 aromatic heterocycles. The second-order valence-corrected chi connectivity index (χ2v) is 7.48. The number of rotatable bonds is 10. The Labute approximate surface area is 200 Å². The highest BCUT2D eigenvalue weighted by molar-refractivity contribution is 6.32. The number of hydrazone groups is 1. The molecule has 0 bridgehead atoms. The zero-order valence-corrected chi connectivity index (χ0v) is 18.9. The Hall–Kier alpha value is -3.98. The largest absolute Gasteiger partial charge is 0.490 e. The summed E-state index contributed by atoms with van der Waals surface area (Å²) in [5.41, 5.74) is 4.18. The lowest BCUT2D eigenvalue weighted by atomic mass is 10.1. The molecular weight excluding hydrogens is 465 g/mol. The van der Waals surface area contributed by atoms with Gasteiger partial charge < -0.3 is 9.47 Å². The van der Waals surface area contributed by atoms with Crippen LogP contribution in [0.4, 0.5) is 10.1 Å². The molecule has 0 saturated carbocycles. The van der Waals surface area contributed by atoms with E-state index in [1.807, 2.05) is 0 Å². The minimum absolute atomic E-state index is 0.0368. The van der Waals surface area contributed by atoms with E-state index in [0.717, 1.165) is 0 Å². The number of hydrogen-bond donors (Lipinski definition) is 1. The Bertz CT molecular complexity index is 1200. The van der Waals surface area contributed by atoms with Gasteiger partial charge in [-0.15, -0.1) is 0 Å². The van der Waals surface area contributed by atoms with Gasteiger partial charge in [0.05, 0.1) is 29.2 Å². The number of halogens is 2. The number of ether oxygens (including phenoxy) is 2. The van der Waals surface area contributed by atoms with Gasteiger partial charge in [0.2, 0.25) is 5.91 Å². The fraction of sp³-hybridized carbons (Fsp3) is 0.167. The third-order valence-corrected chi connectivity index (χ3v) is 4.80. The molecule has 0 radical (unpaired) electrons. The lowest BCUT2D eigenvalue weighted by molar-refractivity contribution is -0.384. The van der Waals surface area contributed by atoms with Gasteiger partial charge >= 0.3 is 0 Å². The number of hydrogen-bond acceptors (Lipinski definition) is 6. The molecule has 1 N–H and O–H groups in total. The zero-order valence-electron chi connectivity index (χ0n) is 18.2. The molecule has 34 heavy (non-hydrogen) atoms. The van der Waals surface area contributed by atoms with Crippen LogP contribution < -0.4 is 14.9 Å². The Morgan fingerprint density at radius 2 is 1.91 bits per heavy atom. The first-order chi connectivity index (χ1) is 16.4. The normalized spacial score (nSPS) is 10.8. The number of carbonyl (C=O) groups excluding carboxylic acids is 1. The van der Waals surface area contributed by atoms with Crippen molar-refractivity contribution in [3.63, 3.8) is 0 Å². The lowest BCUT2D eigenvalue weighted by Gasteiger charge is -2.14. The van der Waals surface area contributed by atoms with E-state index in [4.69, 9.17) is 21.1 Å². The number of nitro groups is 1. The predicted molar refractivity (Wildman–Crippen MR) is 126 cm³/mol. The van der Waals surface area contributed by atoms with Crippen molar-refractivity contribution in [3.05, 3.63) is 98.3 Å². The quantitative estimate of drug-likeness (QED) is 0.246. The van der Waals surface area contributed by atoms with E-state index in [0.29, 0.717) is 29.0 Å². The highest BCUT2D eigenvalue weighted by Crippen LogP contribution is 2.37. The van der Waals surface area contributed by atoms with Crippen molar-refractivity contribution in [1.29, 1.82) is 0 Å². The third kappa shape index (κ3) is 7.01. The maximum Gasteiger partial charge on any atom is 0.269 e. The second kappa shape index (κ2) is 11.8. The van der Waals surface area contributed by atoms with Crippen LogP contribution in [-0.2, 0) is 17.8 Å². The van der Waals surface area contributed by atoms with Gasteiger partial charge in [-0.2, -0.15) is 5.10 Å². The lowest BCUT2D eigenvalue weighted by Crippen LogP contribution is -2.19. The summed E-state index contributed by atoms with van der Waals surface area (Å²) in [4.78, 5) is 22.5. The van der Waals surface area contributed by atoms with E-state index < -0.39 is 4.92 Å². The Morgan fingerprint density at radius 1 is 1.15 bits per heavy atom. The van der Waals surface area contributed by atoms with Crippen LogP contribution in [-0.4, -0.2) is 23.7 Å². The van der Waals surface area contributed by atoms with Crippen LogP contribution in [0.3, 0.4) is 0 Å². The Balaban J connectivity index is 1.67. The number of nitrogens with one attached hydrogen (secondary N) is 1. The van der Waals surface area contributed by atoms with Crippen LogP contribution >= 0.6 is 11.6 Å². The maximum atomic E-state index is 13.0. The summed E-state index contributed by atoms with van der Waals surface area (Å²) in [7, 11) is 0. The summed E-state index contributed by atoms with van der Waals surface area (Å²) in [6.07, 6.45) is 1.45. The van der Waals surface area contributed by atoms with Crippen LogP contribution in [0.15, 0.2) is 65.8 Å². The second-order valence-electron chi connectivity index (χ2n) is 7.08. The summed E-state index contributed by atoms with van der Waals surface area (Å²) in [5.74, 6) is -0.0930. The van der Waals surface area contributed by atoms with Crippen molar-refractivity contribution in [2.45, 2.75) is 20.0 Å². The van der Waals surface area contributed by atoms with Gasteiger partial charge in [-0.05, 0) is 47.9 Å². The molecule has 3 aromatic rings. The molecule has 8 nitrogen and oxygen atoms in total. The minimum Gasteiger partial charge on any atom is -0.490 e. The molecule has 1 amide bonds. The molecule has 0 aliphatic heterocycles. The number of non-ortho nitro benzene ring substituents is 1. The summed E-state index contributed by atoms with van der Waals surface area (Å²) in [6.45, 7) is 2.20. The monoisotopic (exact) mass is 485 g/mol. The van der Waals surface area contributed by atoms with Gasteiger partial charge in [-0.3, -0.25) is 14.9 Å². The van der Waals surface area contributed by atoms with Crippen LogP contribution in [0.5, 0.6) is 11.5 Å². The SMILES string of the molecule is CCOc1cc(/C=N/NC(=O)Cc2ccc(F)cc2)cc(Cl)c1OCc1cccc([N+](=O)[O-])c1. The average molecular weight is 486 g/mol. The standard InChI is InChI=1S/C24H21ClFN3O5/c1-2-33-22-12-18(14-27-28-23(30)13-16-6-8-19(26)9-7-16)11-21(25)24(22)34-15-17-4-3-5-20(10-17)29(31)32/h3-12,14H,2,13,15H2,1H3,(H,28,30)/b27-14+. The summed E-state index contributed by atoms with van der Waals surface area (Å²) >= 11 is 6.39. The maximum absolute atomic E-state index is 13.0. The molecule has 0 saturated heterocycles. The summed E-state index contributed by atoms with van der Waals surface area (Å²) < 4.78 is 24.4. The first-order valence-corrected chi connectivity index (χ1v) is 10.6. The highest BCUT2D eigenvalue weighted by Gasteiger charge is 2.14. The van der Waals surface area contributed by atoms with E-state index in [1.54, 1.807) is 31.2 Å². The first-order valence-electron chi connectivity index (χ1n) is 10.2. The first kappa shape index (κ1) is 24.7. The molecule has 0 atom stereocenters. The van der Waals surface area contributed by atoms with Crippen molar-refractivity contribution in [2.24, 2.45) is 5.10 Å². The highest BCUT2D eigenvalue weighted by atomic mass is 35.5. The molecule has 0 fully saturated rings. The number of benzene rings is 3. The van der Waals surface area contributed by atoms with Crippen molar-refractivity contribution < 1.29 is 23.6 Å². The minimum atomic E-state index is -0.478. The van der Waals surface area contributed by atoms with Gasteiger partial charge in [0.15, 0.2) is 11.5 Å². The number of carbonyl (C=O) groups is 1. The van der Waals surface area contributed by atoms with E-state index in [9.17, 15) is 19.3 Å². The van der Waals surface area contributed by atoms with Gasteiger partial charge in [-0.25, -0.2) is 9.82 Å². The Kier molecular flexibility index (Phi) is 8.53. The molecule has 3 aromatic carbocycles. The third-order valence-electron chi connectivity index (χ3n) is 4.52. The van der Waals surface area contributed by atoms with Crippen LogP contribution in [0.2, 0.25) is 5.02 Å². The molecular formula is C24H21ClFN3O5. The molecule has 0 aliphatic carbocycles. The van der Waals surface area contributed by atoms with Crippen molar-refractivity contribution >= 4 is 29.4 Å². The van der Waals surface area contributed by atoms with Gasteiger partial charge in [0.25, 0.3) is 5.69 Å². The summed E-state index contributed by atoms with van der Waals surface area (Å²) in [5, 5.41) is 15.1. The number of nitrogens with zero attached hydrogens (tertiary/aromatic N) is 2. The average Bonchev–Trinajstić information content (AvgIpc) is 2.80. The molecule has 0 aliphatic rings. The molecule has 3 rings (SSSR count). The fourth-order valence-electron chi connectivity index (χ4n) is 2.99. The molecule has 0 spiro atoms. The molecule has 0 heterocycles. The van der Waals surface area contributed by atoms with E-state index in [1.165, 1.54) is 42.6 Å². The van der Waals surface area contributed by atoms with E-state index >= 15 is 0 Å². The smallest absolute Gasteiger partial charge is 0.269 e. The fourth-order valence-corrected chi connectivity index (χ4v) is 3.26. The van der Waals surface area contributed by atoms with Crippen LogP contribution in [0.25, 0.3) is 0 Å². The zero-order chi connectivity index (χ0) is 24.5. The Morgan fingerprint density at radius 3 is 2.62 bits per heavy atom. The van der Waals surface area contributed by atoms with E-state index in [-0.39, 0.29) is 41.2 Å². The van der Waals surface area contributed by atoms with Crippen LogP contribution in [0, 0.1) is 15.9 Å². The topological polar surface area (TPSA) is 103 Å². The van der Waals surface area contributed by atoms with Crippen molar-refractivity contribution in [1.82, 2.24) is 5.43 Å². The number of amides is 1. The molecule has 0 unspecified atom stereocenters. The number of nitro benzene ring substituents is 1. The van der Waals surface area contributed by atoms with Crippen molar-refractivity contribution in [3.8, 4) is 11.5 Å². The van der Waals surface area contributed by atoms with E-state index in [2.05, 4.69) is 10.5 Å².